The maximum Gasteiger partial charge on any atom is 0.238 e. The van der Waals surface area contributed by atoms with Crippen molar-refractivity contribution in [3.8, 4) is 5.75 Å². The van der Waals surface area contributed by atoms with E-state index in [1.807, 2.05) is 42.5 Å². The minimum absolute atomic E-state index is 0.00101. The maximum atomic E-state index is 12.3. The number of para-hydroxylation sites is 1. The van der Waals surface area contributed by atoms with Crippen molar-refractivity contribution in [1.29, 1.82) is 0 Å². The van der Waals surface area contributed by atoms with Gasteiger partial charge in [0.2, 0.25) is 10.0 Å². The Bertz CT molecular complexity index is 1250. The van der Waals surface area contributed by atoms with E-state index in [0.29, 0.717) is 29.2 Å². The highest BCUT2D eigenvalue weighted by atomic mass is 32.2. The van der Waals surface area contributed by atoms with E-state index < -0.39 is 15.9 Å². The summed E-state index contributed by atoms with van der Waals surface area (Å²) in [5, 5.41) is 5.22. The third-order valence-electron chi connectivity index (χ3n) is 5.13. The van der Waals surface area contributed by atoms with E-state index >= 15 is 0 Å². The fourth-order valence-corrected chi connectivity index (χ4v) is 4.21. The summed E-state index contributed by atoms with van der Waals surface area (Å²) in [5.74, 6) is 0.498. The first kappa shape index (κ1) is 20.0. The lowest BCUT2D eigenvalue weighted by Gasteiger charge is -2.29. The van der Waals surface area contributed by atoms with Crippen molar-refractivity contribution in [2.75, 3.05) is 0 Å². The number of fused-ring (bicyclic) bond motifs is 1. The van der Waals surface area contributed by atoms with E-state index in [1.54, 1.807) is 18.2 Å². The van der Waals surface area contributed by atoms with Crippen molar-refractivity contribution >= 4 is 27.6 Å². The Balaban J connectivity index is 1.99. The van der Waals surface area contributed by atoms with Crippen molar-refractivity contribution in [1.82, 2.24) is 0 Å². The van der Waals surface area contributed by atoms with E-state index in [9.17, 15) is 13.2 Å². The molecule has 4 rings (SSSR count). The highest BCUT2D eigenvalue weighted by molar-refractivity contribution is 7.89. The summed E-state index contributed by atoms with van der Waals surface area (Å²) < 4.78 is 29.5. The lowest BCUT2D eigenvalue weighted by Crippen LogP contribution is -2.17. The molecule has 1 aliphatic rings. The molecule has 1 atom stereocenters. The van der Waals surface area contributed by atoms with Gasteiger partial charge in [-0.1, -0.05) is 42.5 Å². The Morgan fingerprint density at radius 3 is 2.27 bits per heavy atom. The first-order valence-corrected chi connectivity index (χ1v) is 10.9. The molecule has 1 aliphatic heterocycles. The SMILES string of the molecule is NCc1ccccc1C1=C(c2ccc(S(N)(=O)=O)cc2)Oc2ccccc2C1C=O. The molecular weight excluding hydrogens is 400 g/mol. The summed E-state index contributed by atoms with van der Waals surface area (Å²) in [6.45, 7) is 0.296. The molecule has 0 radical (unpaired) electrons. The number of primary sulfonamides is 1. The summed E-state index contributed by atoms with van der Waals surface area (Å²) in [6.07, 6.45) is 0.892. The molecule has 1 heterocycles. The van der Waals surface area contributed by atoms with Crippen LogP contribution in [-0.4, -0.2) is 14.7 Å². The van der Waals surface area contributed by atoms with Gasteiger partial charge in [-0.05, 0) is 41.5 Å². The monoisotopic (exact) mass is 420 g/mol. The van der Waals surface area contributed by atoms with Crippen molar-refractivity contribution in [3.63, 3.8) is 0 Å². The second kappa shape index (κ2) is 7.87. The average Bonchev–Trinajstić information content (AvgIpc) is 2.77. The van der Waals surface area contributed by atoms with E-state index in [0.717, 1.165) is 23.0 Å². The number of allylic oxidation sites excluding steroid dienone is 1. The molecule has 30 heavy (non-hydrogen) atoms. The quantitative estimate of drug-likeness (QED) is 0.616. The first-order valence-electron chi connectivity index (χ1n) is 9.32. The van der Waals surface area contributed by atoms with Crippen LogP contribution in [-0.2, 0) is 21.4 Å². The zero-order valence-corrected chi connectivity index (χ0v) is 16.8. The van der Waals surface area contributed by atoms with Crippen LogP contribution in [0.5, 0.6) is 5.75 Å². The molecule has 0 aromatic heterocycles. The zero-order chi connectivity index (χ0) is 21.3. The first-order chi connectivity index (χ1) is 14.4. The van der Waals surface area contributed by atoms with Gasteiger partial charge in [0.25, 0.3) is 0 Å². The van der Waals surface area contributed by atoms with Crippen LogP contribution in [0.2, 0.25) is 0 Å². The van der Waals surface area contributed by atoms with Gasteiger partial charge >= 0.3 is 0 Å². The topological polar surface area (TPSA) is 112 Å². The van der Waals surface area contributed by atoms with Crippen LogP contribution in [0.1, 0.15) is 28.2 Å². The van der Waals surface area contributed by atoms with Crippen LogP contribution in [0.25, 0.3) is 11.3 Å². The van der Waals surface area contributed by atoms with Crippen molar-refractivity contribution < 1.29 is 17.9 Å². The van der Waals surface area contributed by atoms with Crippen molar-refractivity contribution in [2.24, 2.45) is 10.9 Å². The molecule has 3 aromatic carbocycles. The van der Waals surface area contributed by atoms with Gasteiger partial charge in [0.05, 0.1) is 10.8 Å². The number of aldehydes is 1. The van der Waals surface area contributed by atoms with Gasteiger partial charge in [0.15, 0.2) is 0 Å². The Morgan fingerprint density at radius 2 is 1.60 bits per heavy atom. The third kappa shape index (κ3) is 3.54. The number of sulfonamides is 1. The molecule has 0 saturated heterocycles. The molecule has 7 heteroatoms. The summed E-state index contributed by atoms with van der Waals surface area (Å²) in [5.41, 5.74) is 9.73. The molecule has 0 bridgehead atoms. The van der Waals surface area contributed by atoms with Gasteiger partial charge in [-0.15, -0.1) is 0 Å². The van der Waals surface area contributed by atoms with E-state index in [-0.39, 0.29) is 4.90 Å². The molecule has 4 N–H and O–H groups in total. The minimum atomic E-state index is -3.82. The summed E-state index contributed by atoms with van der Waals surface area (Å²) in [4.78, 5) is 12.3. The Morgan fingerprint density at radius 1 is 0.933 bits per heavy atom. The summed E-state index contributed by atoms with van der Waals surface area (Å²) in [6, 6.07) is 21.0. The third-order valence-corrected chi connectivity index (χ3v) is 6.06. The molecule has 152 valence electrons. The normalized spacial score (nSPS) is 16.0. The summed E-state index contributed by atoms with van der Waals surface area (Å²) in [7, 11) is -3.82. The largest absolute Gasteiger partial charge is 0.456 e. The van der Waals surface area contributed by atoms with Gasteiger partial charge in [0, 0.05) is 23.2 Å². The van der Waals surface area contributed by atoms with Crippen LogP contribution in [0.4, 0.5) is 0 Å². The highest BCUT2D eigenvalue weighted by Crippen LogP contribution is 2.46. The van der Waals surface area contributed by atoms with Crippen LogP contribution in [0.15, 0.2) is 77.7 Å². The predicted molar refractivity (Wildman–Crippen MR) is 115 cm³/mol. The Kier molecular flexibility index (Phi) is 5.26. The van der Waals surface area contributed by atoms with Gasteiger partial charge in [0.1, 0.15) is 17.8 Å². The van der Waals surface area contributed by atoms with Gasteiger partial charge in [-0.3, -0.25) is 0 Å². The number of hydrogen-bond donors (Lipinski definition) is 2. The lowest BCUT2D eigenvalue weighted by molar-refractivity contribution is -0.108. The number of ether oxygens (including phenoxy) is 1. The lowest BCUT2D eigenvalue weighted by atomic mass is 9.82. The molecule has 1 unspecified atom stereocenters. The number of carbonyl (C=O) groups is 1. The molecule has 6 nitrogen and oxygen atoms in total. The standard InChI is InChI=1S/C23H20N2O4S/c24-13-16-5-1-2-6-18(16)22-20(14-26)19-7-3-4-8-21(19)29-23(22)15-9-11-17(12-10-15)30(25,27)28/h1-12,14,20H,13,24H2,(H2,25,27,28). The second-order valence-electron chi connectivity index (χ2n) is 6.93. The number of rotatable bonds is 5. The van der Waals surface area contributed by atoms with Crippen molar-refractivity contribution in [3.05, 3.63) is 95.1 Å². The predicted octanol–water partition coefficient (Wildman–Crippen LogP) is 3.04. The van der Waals surface area contributed by atoms with Gasteiger partial charge in [-0.2, -0.15) is 0 Å². The number of hydrogen-bond acceptors (Lipinski definition) is 5. The molecule has 0 aliphatic carbocycles. The Labute approximate surface area is 174 Å². The molecule has 0 spiro atoms. The van der Waals surface area contributed by atoms with Crippen LogP contribution < -0.4 is 15.6 Å². The molecular formula is C23H20N2O4S. The highest BCUT2D eigenvalue weighted by Gasteiger charge is 2.32. The maximum absolute atomic E-state index is 12.3. The number of nitrogens with two attached hydrogens (primary N) is 2. The van der Waals surface area contributed by atoms with E-state index in [4.69, 9.17) is 15.6 Å². The Hall–Kier alpha value is -3.26. The van der Waals surface area contributed by atoms with Gasteiger partial charge in [-0.25, -0.2) is 13.6 Å². The average molecular weight is 420 g/mol. The smallest absolute Gasteiger partial charge is 0.238 e. The number of benzene rings is 3. The van der Waals surface area contributed by atoms with Crippen LogP contribution in [0, 0.1) is 0 Å². The van der Waals surface area contributed by atoms with E-state index in [1.165, 1.54) is 12.1 Å². The molecule has 3 aromatic rings. The zero-order valence-electron chi connectivity index (χ0n) is 16.0. The second-order valence-corrected chi connectivity index (χ2v) is 8.49. The fourth-order valence-electron chi connectivity index (χ4n) is 3.69. The van der Waals surface area contributed by atoms with Gasteiger partial charge < -0.3 is 15.3 Å². The van der Waals surface area contributed by atoms with Crippen LogP contribution >= 0.6 is 0 Å². The minimum Gasteiger partial charge on any atom is -0.456 e. The fraction of sp³-hybridized carbons (Fsp3) is 0.0870. The van der Waals surface area contributed by atoms with E-state index in [2.05, 4.69) is 0 Å². The molecule has 0 saturated carbocycles. The van der Waals surface area contributed by atoms with Crippen molar-refractivity contribution in [2.45, 2.75) is 17.4 Å². The molecule has 0 amide bonds. The summed E-state index contributed by atoms with van der Waals surface area (Å²) >= 11 is 0. The number of carbonyl (C=O) groups excluding carboxylic acids is 1. The molecule has 0 fully saturated rings. The van der Waals surface area contributed by atoms with Crippen LogP contribution in [0.3, 0.4) is 0 Å².